The average Bonchev–Trinajstić information content (AvgIpc) is 3.32. The van der Waals surface area contributed by atoms with Gasteiger partial charge in [0.25, 0.3) is 0 Å². The molecule has 0 saturated carbocycles. The van der Waals surface area contributed by atoms with Crippen LogP contribution in [0.25, 0.3) is 10.2 Å². The smallest absolute Gasteiger partial charge is 0.229 e. The van der Waals surface area contributed by atoms with Crippen LogP contribution in [0.4, 0.5) is 5.13 Å². The number of aromatic nitrogens is 1. The lowest BCUT2D eigenvalue weighted by atomic mass is 10.1. The molecule has 0 spiro atoms. The van der Waals surface area contributed by atoms with Gasteiger partial charge < -0.3 is 4.74 Å². The monoisotopic (exact) mass is 508 g/mol. The van der Waals surface area contributed by atoms with Crippen LogP contribution in [0.15, 0.2) is 71.6 Å². The summed E-state index contributed by atoms with van der Waals surface area (Å²) in [5.74, 6) is 0.340. The molecular weight excluding hydrogens is 480 g/mol. The molecule has 0 radical (unpaired) electrons. The molecule has 4 rings (SSSR count). The molecule has 182 valence electrons. The highest BCUT2D eigenvalue weighted by atomic mass is 32.2. The molecule has 0 unspecified atom stereocenters. The number of thiazole rings is 1. The first-order valence-electron chi connectivity index (χ1n) is 11.4. The predicted octanol–water partition coefficient (Wildman–Crippen LogP) is 5.71. The molecule has 0 fully saturated rings. The zero-order chi connectivity index (χ0) is 25.0. The van der Waals surface area contributed by atoms with Crippen molar-refractivity contribution < 1.29 is 17.9 Å². The van der Waals surface area contributed by atoms with Crippen LogP contribution >= 0.6 is 11.3 Å². The summed E-state index contributed by atoms with van der Waals surface area (Å²) in [6.07, 6.45) is 0.331. The Balaban J connectivity index is 1.54. The number of anilines is 1. The van der Waals surface area contributed by atoms with Crippen LogP contribution in [0, 0.1) is 13.8 Å². The molecule has 1 aromatic heterocycles. The van der Waals surface area contributed by atoms with E-state index in [1.165, 1.54) is 30.6 Å². The first-order chi connectivity index (χ1) is 16.8. The van der Waals surface area contributed by atoms with Crippen LogP contribution in [-0.2, 0) is 21.2 Å². The number of ether oxygens (including phenoxy) is 1. The summed E-state index contributed by atoms with van der Waals surface area (Å²) in [4.78, 5) is 20.1. The highest BCUT2D eigenvalue weighted by Crippen LogP contribution is 2.34. The molecule has 6 nitrogen and oxygen atoms in total. The van der Waals surface area contributed by atoms with Crippen LogP contribution in [0.3, 0.4) is 0 Å². The number of aryl methyl sites for hydroxylation is 2. The summed E-state index contributed by atoms with van der Waals surface area (Å²) >= 11 is 1.50. The molecule has 3 aromatic carbocycles. The third-order valence-corrected chi connectivity index (χ3v) is 8.90. The summed E-state index contributed by atoms with van der Waals surface area (Å²) in [5.41, 5.74) is 4.06. The molecule has 0 aliphatic rings. The summed E-state index contributed by atoms with van der Waals surface area (Å²) in [6.45, 7) is 4.43. The van der Waals surface area contributed by atoms with Crippen molar-refractivity contribution >= 4 is 42.4 Å². The minimum atomic E-state index is -3.50. The maximum Gasteiger partial charge on any atom is 0.229 e. The van der Waals surface area contributed by atoms with Gasteiger partial charge in [-0.25, -0.2) is 13.4 Å². The van der Waals surface area contributed by atoms with Gasteiger partial charge in [0.1, 0.15) is 5.75 Å². The first-order valence-corrected chi connectivity index (χ1v) is 13.8. The van der Waals surface area contributed by atoms with Gasteiger partial charge in [-0.3, -0.25) is 9.69 Å². The maximum atomic E-state index is 13.4. The van der Waals surface area contributed by atoms with Crippen molar-refractivity contribution in [2.75, 3.05) is 17.8 Å². The Morgan fingerprint density at radius 1 is 0.971 bits per heavy atom. The van der Waals surface area contributed by atoms with Crippen molar-refractivity contribution in [1.82, 2.24) is 4.98 Å². The van der Waals surface area contributed by atoms with Crippen molar-refractivity contribution in [3.05, 3.63) is 83.4 Å². The standard InChI is InChI=1S/C27H28N2O4S2/c1-19-11-12-20(2)26-25(19)28-27(34-26)29(18-21-8-5-4-6-9-21)24(30)10-7-17-35(31,32)23-15-13-22(33-3)14-16-23/h4-6,8-9,11-16H,7,10,17-18H2,1-3H3. The lowest BCUT2D eigenvalue weighted by Crippen LogP contribution is -2.30. The van der Waals surface area contributed by atoms with Crippen LogP contribution in [0.2, 0.25) is 0 Å². The Labute approximate surface area is 210 Å². The Bertz CT molecular complexity index is 1390. The van der Waals surface area contributed by atoms with E-state index in [2.05, 4.69) is 6.07 Å². The van der Waals surface area contributed by atoms with Crippen molar-refractivity contribution in [3.63, 3.8) is 0 Å². The van der Waals surface area contributed by atoms with Crippen molar-refractivity contribution in [2.45, 2.75) is 38.1 Å². The van der Waals surface area contributed by atoms with Gasteiger partial charge in [-0.05, 0) is 61.2 Å². The van der Waals surface area contributed by atoms with Gasteiger partial charge >= 0.3 is 0 Å². The van der Waals surface area contributed by atoms with Gasteiger partial charge in [-0.1, -0.05) is 53.8 Å². The molecule has 35 heavy (non-hydrogen) atoms. The molecule has 0 aliphatic heterocycles. The number of rotatable bonds is 9. The second kappa shape index (κ2) is 10.6. The Kier molecular flexibility index (Phi) is 7.52. The average molecular weight is 509 g/mol. The number of carbonyl (C=O) groups excluding carboxylic acids is 1. The lowest BCUT2D eigenvalue weighted by Gasteiger charge is -2.20. The molecular formula is C27H28N2O4S2. The topological polar surface area (TPSA) is 76.6 Å². The van der Waals surface area contributed by atoms with Crippen molar-refractivity contribution in [3.8, 4) is 5.75 Å². The Morgan fingerprint density at radius 3 is 2.31 bits per heavy atom. The molecule has 1 heterocycles. The van der Waals surface area contributed by atoms with Gasteiger partial charge in [0.2, 0.25) is 5.91 Å². The fourth-order valence-electron chi connectivity index (χ4n) is 3.84. The van der Waals surface area contributed by atoms with E-state index >= 15 is 0 Å². The fraction of sp³-hybridized carbons (Fsp3) is 0.259. The largest absolute Gasteiger partial charge is 0.497 e. The van der Waals surface area contributed by atoms with Crippen molar-refractivity contribution in [2.24, 2.45) is 0 Å². The Hall–Kier alpha value is -3.23. The van der Waals surface area contributed by atoms with E-state index in [4.69, 9.17) is 9.72 Å². The number of benzene rings is 3. The van der Waals surface area contributed by atoms with E-state index in [1.807, 2.05) is 50.2 Å². The van der Waals surface area contributed by atoms with E-state index in [1.54, 1.807) is 17.0 Å². The molecule has 8 heteroatoms. The van der Waals surface area contributed by atoms with Crippen LogP contribution in [-0.4, -0.2) is 32.2 Å². The number of hydrogen-bond acceptors (Lipinski definition) is 6. The molecule has 0 atom stereocenters. The zero-order valence-electron chi connectivity index (χ0n) is 20.0. The van der Waals surface area contributed by atoms with Gasteiger partial charge in [-0.15, -0.1) is 0 Å². The number of hydrogen-bond donors (Lipinski definition) is 0. The van der Waals surface area contributed by atoms with Crippen LogP contribution in [0.1, 0.15) is 29.5 Å². The van der Waals surface area contributed by atoms with E-state index in [9.17, 15) is 13.2 Å². The van der Waals surface area contributed by atoms with E-state index in [0.717, 1.165) is 26.9 Å². The Morgan fingerprint density at radius 2 is 1.66 bits per heavy atom. The summed E-state index contributed by atoms with van der Waals surface area (Å²) in [5, 5.41) is 0.629. The van der Waals surface area contributed by atoms with Gasteiger partial charge in [0, 0.05) is 6.42 Å². The van der Waals surface area contributed by atoms with Gasteiger partial charge in [0.15, 0.2) is 15.0 Å². The highest BCUT2D eigenvalue weighted by molar-refractivity contribution is 7.91. The highest BCUT2D eigenvalue weighted by Gasteiger charge is 2.22. The number of amides is 1. The number of fused-ring (bicyclic) bond motifs is 1. The fourth-order valence-corrected chi connectivity index (χ4v) is 6.28. The zero-order valence-corrected chi connectivity index (χ0v) is 21.7. The van der Waals surface area contributed by atoms with Crippen LogP contribution < -0.4 is 9.64 Å². The molecule has 0 N–H and O–H groups in total. The van der Waals surface area contributed by atoms with Crippen LogP contribution in [0.5, 0.6) is 5.75 Å². The summed E-state index contributed by atoms with van der Waals surface area (Å²) in [7, 11) is -1.97. The minimum absolute atomic E-state index is 0.107. The predicted molar refractivity (Wildman–Crippen MR) is 141 cm³/mol. The summed E-state index contributed by atoms with van der Waals surface area (Å²) in [6, 6.07) is 20.2. The third kappa shape index (κ3) is 5.71. The molecule has 0 saturated heterocycles. The van der Waals surface area contributed by atoms with Gasteiger partial charge in [-0.2, -0.15) is 0 Å². The molecule has 0 aliphatic carbocycles. The quantitative estimate of drug-likeness (QED) is 0.289. The molecule has 4 aromatic rings. The maximum absolute atomic E-state index is 13.4. The van der Waals surface area contributed by atoms with E-state index in [-0.39, 0.29) is 29.4 Å². The SMILES string of the molecule is COc1ccc(S(=O)(=O)CCCC(=O)N(Cc2ccccc2)c2nc3c(C)ccc(C)c3s2)cc1. The number of carbonyl (C=O) groups is 1. The number of methoxy groups -OCH3 is 1. The first kappa shape index (κ1) is 24.9. The lowest BCUT2D eigenvalue weighted by molar-refractivity contribution is -0.118. The minimum Gasteiger partial charge on any atom is -0.497 e. The third-order valence-electron chi connectivity index (χ3n) is 5.87. The molecule has 1 amide bonds. The van der Waals surface area contributed by atoms with Gasteiger partial charge in [0.05, 0.1) is 34.5 Å². The van der Waals surface area contributed by atoms with Crippen molar-refractivity contribution in [1.29, 1.82) is 0 Å². The normalized spacial score (nSPS) is 11.5. The van der Waals surface area contributed by atoms with E-state index < -0.39 is 9.84 Å². The second-order valence-electron chi connectivity index (χ2n) is 8.44. The second-order valence-corrected chi connectivity index (χ2v) is 11.5. The van der Waals surface area contributed by atoms with E-state index in [0.29, 0.717) is 17.4 Å². The molecule has 0 bridgehead atoms. The number of nitrogens with zero attached hydrogens (tertiary/aromatic N) is 2. The summed E-state index contributed by atoms with van der Waals surface area (Å²) < 4.78 is 31.7. The number of sulfone groups is 1.